The molecule has 0 saturated carbocycles. The van der Waals surface area contributed by atoms with Gasteiger partial charge in [-0.3, -0.25) is 9.89 Å². The van der Waals surface area contributed by atoms with Gasteiger partial charge in [-0.25, -0.2) is 0 Å². The number of hydrogen-bond donors (Lipinski definition) is 2. The van der Waals surface area contributed by atoms with Crippen LogP contribution in [0.5, 0.6) is 0 Å². The smallest absolute Gasteiger partial charge is 0.356 e. The minimum absolute atomic E-state index is 0.0764. The molecule has 7 nitrogen and oxygen atoms in total. The number of carbonyl (C=O) groups is 1. The molecule has 2 heterocycles. The summed E-state index contributed by atoms with van der Waals surface area (Å²) in [4.78, 5) is 14.8. The minimum Gasteiger partial charge on any atom is -0.356 e. The molecule has 2 aromatic rings. The number of halogens is 3. The predicted molar refractivity (Wildman–Crippen MR) is 67.5 cm³/mol. The monoisotopic (exact) mass is 317 g/mol. The first-order valence-electron chi connectivity index (χ1n) is 6.59. The Balaban J connectivity index is 1.63. The second-order valence-electron chi connectivity index (χ2n) is 4.57. The molecule has 0 saturated heterocycles. The van der Waals surface area contributed by atoms with Gasteiger partial charge in [0.05, 0.1) is 6.20 Å². The van der Waals surface area contributed by atoms with Crippen LogP contribution in [0.15, 0.2) is 16.9 Å². The molecule has 0 aromatic carbocycles. The summed E-state index contributed by atoms with van der Waals surface area (Å²) in [7, 11) is 0. The highest BCUT2D eigenvalue weighted by Crippen LogP contribution is 2.27. The maximum absolute atomic E-state index is 12.2. The van der Waals surface area contributed by atoms with Gasteiger partial charge in [-0.1, -0.05) is 5.16 Å². The van der Waals surface area contributed by atoms with Crippen LogP contribution in [0.2, 0.25) is 0 Å². The number of carbonyl (C=O) groups excluding carboxylic acids is 1. The summed E-state index contributed by atoms with van der Waals surface area (Å²) < 4.78 is 40.8. The lowest BCUT2D eigenvalue weighted by molar-refractivity contribution is -0.159. The lowest BCUT2D eigenvalue weighted by Crippen LogP contribution is -2.25. The van der Waals surface area contributed by atoms with Crippen molar-refractivity contribution in [3.05, 3.63) is 29.7 Å². The number of aryl methyl sites for hydroxylation is 1. The number of aromatic nitrogens is 4. The Labute approximate surface area is 123 Å². The Morgan fingerprint density at radius 1 is 1.36 bits per heavy atom. The molecule has 0 spiro atoms. The molecule has 0 unspecified atom stereocenters. The van der Waals surface area contributed by atoms with Crippen LogP contribution < -0.4 is 5.32 Å². The zero-order chi connectivity index (χ0) is 16.0. The van der Waals surface area contributed by atoms with E-state index in [0.29, 0.717) is 12.8 Å². The molecule has 2 rings (SSSR count). The van der Waals surface area contributed by atoms with Gasteiger partial charge in [-0.05, 0) is 18.4 Å². The molecule has 0 aliphatic heterocycles. The molecule has 2 N–H and O–H groups in total. The fourth-order valence-corrected chi connectivity index (χ4v) is 1.74. The number of nitrogens with zero attached hydrogens (tertiary/aromatic N) is 3. The van der Waals surface area contributed by atoms with E-state index in [2.05, 4.69) is 30.2 Å². The van der Waals surface area contributed by atoms with Crippen molar-refractivity contribution in [2.24, 2.45) is 0 Å². The van der Waals surface area contributed by atoms with Crippen molar-refractivity contribution in [3.63, 3.8) is 0 Å². The second-order valence-corrected chi connectivity index (χ2v) is 4.57. The number of aromatic amines is 1. The van der Waals surface area contributed by atoms with Crippen LogP contribution in [0.25, 0.3) is 0 Å². The van der Waals surface area contributed by atoms with Crippen molar-refractivity contribution in [1.82, 2.24) is 25.7 Å². The summed E-state index contributed by atoms with van der Waals surface area (Å²) in [5.74, 6) is -1.65. The number of amides is 1. The molecule has 0 bridgehead atoms. The van der Waals surface area contributed by atoms with Crippen molar-refractivity contribution in [2.45, 2.75) is 31.9 Å². The van der Waals surface area contributed by atoms with Crippen molar-refractivity contribution < 1.29 is 22.5 Å². The molecule has 22 heavy (non-hydrogen) atoms. The van der Waals surface area contributed by atoms with Crippen molar-refractivity contribution >= 4 is 5.91 Å². The van der Waals surface area contributed by atoms with Crippen LogP contribution in [0.3, 0.4) is 0 Å². The van der Waals surface area contributed by atoms with Gasteiger partial charge in [-0.2, -0.15) is 23.3 Å². The first-order valence-corrected chi connectivity index (χ1v) is 6.59. The standard InChI is InChI=1S/C12H14F3N5O2/c13-12(14,15)11-19-9(20-22-11)4-5-16-10(21)3-1-2-8-6-17-18-7-8/h6-7H,1-5H2,(H,16,21)(H,17,18). The number of rotatable bonds is 7. The molecule has 0 radical (unpaired) electrons. The number of nitrogens with one attached hydrogen (secondary N) is 2. The fourth-order valence-electron chi connectivity index (χ4n) is 1.74. The van der Waals surface area contributed by atoms with E-state index in [-0.39, 0.29) is 24.7 Å². The van der Waals surface area contributed by atoms with Crippen LogP contribution in [-0.4, -0.2) is 32.8 Å². The first-order chi connectivity index (χ1) is 10.4. The third-order valence-corrected chi connectivity index (χ3v) is 2.81. The van der Waals surface area contributed by atoms with Gasteiger partial charge in [-0.15, -0.1) is 0 Å². The molecule has 0 aliphatic rings. The maximum Gasteiger partial charge on any atom is 0.471 e. The minimum atomic E-state index is -4.65. The van der Waals surface area contributed by atoms with E-state index in [1.54, 1.807) is 12.4 Å². The summed E-state index contributed by atoms with van der Waals surface area (Å²) >= 11 is 0. The van der Waals surface area contributed by atoms with Gasteiger partial charge in [0.15, 0.2) is 5.82 Å². The Morgan fingerprint density at radius 2 is 2.18 bits per heavy atom. The molecular weight excluding hydrogens is 303 g/mol. The largest absolute Gasteiger partial charge is 0.471 e. The highest BCUT2D eigenvalue weighted by molar-refractivity contribution is 5.75. The molecule has 1 amide bonds. The summed E-state index contributed by atoms with van der Waals surface area (Å²) in [5, 5.41) is 12.3. The summed E-state index contributed by atoms with van der Waals surface area (Å²) in [6.45, 7) is 0.154. The zero-order valence-electron chi connectivity index (χ0n) is 11.5. The predicted octanol–water partition coefficient (Wildman–Crippen LogP) is 1.49. The van der Waals surface area contributed by atoms with Gasteiger partial charge < -0.3 is 9.84 Å². The first kappa shape index (κ1) is 16.0. The van der Waals surface area contributed by atoms with E-state index in [9.17, 15) is 18.0 Å². The molecule has 0 fully saturated rings. The second kappa shape index (κ2) is 7.05. The Bertz CT molecular complexity index is 594. The van der Waals surface area contributed by atoms with E-state index < -0.39 is 12.1 Å². The van der Waals surface area contributed by atoms with Gasteiger partial charge in [0.2, 0.25) is 5.91 Å². The third kappa shape index (κ3) is 4.86. The zero-order valence-corrected chi connectivity index (χ0v) is 11.5. The van der Waals surface area contributed by atoms with Gasteiger partial charge in [0.1, 0.15) is 0 Å². The normalized spacial score (nSPS) is 11.6. The highest BCUT2D eigenvalue weighted by atomic mass is 19.4. The molecule has 2 aromatic heterocycles. The average molecular weight is 317 g/mol. The topological polar surface area (TPSA) is 96.7 Å². The van der Waals surface area contributed by atoms with Gasteiger partial charge in [0, 0.05) is 25.6 Å². The molecular formula is C12H14F3N5O2. The van der Waals surface area contributed by atoms with E-state index in [1.807, 2.05) is 0 Å². The van der Waals surface area contributed by atoms with Crippen LogP contribution in [0.4, 0.5) is 13.2 Å². The Kier molecular flexibility index (Phi) is 5.12. The molecule has 10 heteroatoms. The summed E-state index contributed by atoms with van der Waals surface area (Å²) in [5.41, 5.74) is 1.01. The van der Waals surface area contributed by atoms with E-state index in [0.717, 1.165) is 12.0 Å². The lowest BCUT2D eigenvalue weighted by Gasteiger charge is -2.02. The van der Waals surface area contributed by atoms with E-state index >= 15 is 0 Å². The van der Waals surface area contributed by atoms with Crippen molar-refractivity contribution in [1.29, 1.82) is 0 Å². The molecule has 0 atom stereocenters. The summed E-state index contributed by atoms with van der Waals surface area (Å²) in [6, 6.07) is 0. The van der Waals surface area contributed by atoms with Gasteiger partial charge in [0.25, 0.3) is 0 Å². The van der Waals surface area contributed by atoms with Crippen molar-refractivity contribution in [3.8, 4) is 0 Å². The Hall–Kier alpha value is -2.39. The number of alkyl halides is 3. The van der Waals surface area contributed by atoms with Crippen LogP contribution >= 0.6 is 0 Å². The van der Waals surface area contributed by atoms with Crippen LogP contribution in [-0.2, 0) is 23.8 Å². The number of H-pyrrole nitrogens is 1. The SMILES string of the molecule is O=C(CCCc1cn[nH]c1)NCCc1noc(C(F)(F)F)n1. The number of hydrogen-bond acceptors (Lipinski definition) is 5. The van der Waals surface area contributed by atoms with Crippen LogP contribution in [0, 0.1) is 0 Å². The average Bonchev–Trinajstić information content (AvgIpc) is 3.09. The molecule has 0 aliphatic carbocycles. The third-order valence-electron chi connectivity index (χ3n) is 2.81. The Morgan fingerprint density at radius 3 is 2.82 bits per heavy atom. The highest BCUT2D eigenvalue weighted by Gasteiger charge is 2.38. The van der Waals surface area contributed by atoms with E-state index in [4.69, 9.17) is 0 Å². The van der Waals surface area contributed by atoms with Crippen LogP contribution in [0.1, 0.15) is 30.1 Å². The fraction of sp³-hybridized carbons (Fsp3) is 0.500. The molecule has 120 valence electrons. The van der Waals surface area contributed by atoms with Gasteiger partial charge >= 0.3 is 12.1 Å². The lowest BCUT2D eigenvalue weighted by atomic mass is 10.1. The van der Waals surface area contributed by atoms with E-state index in [1.165, 1.54) is 0 Å². The van der Waals surface area contributed by atoms with Crippen molar-refractivity contribution in [2.75, 3.05) is 6.54 Å². The summed E-state index contributed by atoms with van der Waals surface area (Å²) in [6.07, 6.45) is 0.578. The quantitative estimate of drug-likeness (QED) is 0.806. The maximum atomic E-state index is 12.2.